The highest BCUT2D eigenvalue weighted by atomic mass is 32.1. The number of amides is 1. The van der Waals surface area contributed by atoms with Crippen molar-refractivity contribution in [1.82, 2.24) is 19.8 Å². The van der Waals surface area contributed by atoms with E-state index < -0.39 is 6.17 Å². The van der Waals surface area contributed by atoms with Crippen molar-refractivity contribution in [2.45, 2.75) is 25.2 Å². The summed E-state index contributed by atoms with van der Waals surface area (Å²) in [5, 5.41) is 4.64. The number of rotatable bonds is 5. The molecule has 0 unspecified atom stereocenters. The first-order valence-corrected chi connectivity index (χ1v) is 8.86. The number of aromatic nitrogens is 2. The van der Waals surface area contributed by atoms with Crippen LogP contribution < -0.4 is 0 Å². The molecule has 5 nitrogen and oxygen atoms in total. The molecule has 1 aliphatic heterocycles. The molecule has 1 aliphatic rings. The number of carbonyl (C=O) groups is 1. The molecule has 0 aromatic carbocycles. The van der Waals surface area contributed by atoms with E-state index in [2.05, 4.69) is 14.9 Å². The van der Waals surface area contributed by atoms with Crippen LogP contribution in [0.4, 0.5) is 4.39 Å². The van der Waals surface area contributed by atoms with Crippen molar-refractivity contribution in [3.8, 4) is 0 Å². The van der Waals surface area contributed by atoms with Gasteiger partial charge in [-0.25, -0.2) is 14.4 Å². The van der Waals surface area contributed by atoms with Crippen LogP contribution in [0, 0.1) is 0 Å². The third-order valence-electron chi connectivity index (χ3n) is 3.78. The summed E-state index contributed by atoms with van der Waals surface area (Å²) in [7, 11) is 1.74. The number of carbonyl (C=O) groups excluding carboxylic acids is 1. The topological polar surface area (TPSA) is 49.3 Å². The molecule has 3 heterocycles. The maximum absolute atomic E-state index is 13.8. The van der Waals surface area contributed by atoms with Gasteiger partial charge in [0.05, 0.1) is 12.1 Å². The summed E-state index contributed by atoms with van der Waals surface area (Å²) in [6.45, 7) is 1.55. The monoisotopic (exact) mass is 340 g/mol. The summed E-state index contributed by atoms with van der Waals surface area (Å²) >= 11 is 2.97. The zero-order valence-electron chi connectivity index (χ0n) is 12.2. The minimum absolute atomic E-state index is 0.0199. The van der Waals surface area contributed by atoms with Gasteiger partial charge in [-0.2, -0.15) is 0 Å². The van der Waals surface area contributed by atoms with Crippen LogP contribution in [0.25, 0.3) is 0 Å². The van der Waals surface area contributed by atoms with Gasteiger partial charge >= 0.3 is 0 Å². The molecular weight excluding hydrogens is 323 g/mol. The lowest BCUT2D eigenvalue weighted by Gasteiger charge is -2.27. The summed E-state index contributed by atoms with van der Waals surface area (Å²) in [6.07, 6.45) is 1.38. The molecule has 2 aromatic rings. The Labute approximate surface area is 136 Å². The van der Waals surface area contributed by atoms with Crippen molar-refractivity contribution in [3.63, 3.8) is 0 Å². The van der Waals surface area contributed by atoms with E-state index in [1.165, 1.54) is 11.3 Å². The number of thiazole rings is 2. The third-order valence-corrected chi connectivity index (χ3v) is 5.13. The number of hydrogen-bond acceptors (Lipinski definition) is 6. The Morgan fingerprint density at radius 1 is 1.55 bits per heavy atom. The van der Waals surface area contributed by atoms with Gasteiger partial charge in [0.25, 0.3) is 5.91 Å². The van der Waals surface area contributed by atoms with Gasteiger partial charge in [0.2, 0.25) is 0 Å². The molecule has 0 saturated carbocycles. The Balaban J connectivity index is 1.63. The van der Waals surface area contributed by atoms with Crippen molar-refractivity contribution in [2.75, 3.05) is 20.1 Å². The molecule has 118 valence electrons. The van der Waals surface area contributed by atoms with E-state index in [-0.39, 0.29) is 11.9 Å². The van der Waals surface area contributed by atoms with E-state index in [0.717, 1.165) is 5.01 Å². The Kier molecular flexibility index (Phi) is 4.80. The molecule has 0 spiro atoms. The Morgan fingerprint density at radius 3 is 3.09 bits per heavy atom. The molecule has 0 bridgehead atoms. The number of hydrogen-bond donors (Lipinski definition) is 0. The van der Waals surface area contributed by atoms with Crippen LogP contribution in [0.3, 0.4) is 0 Å². The van der Waals surface area contributed by atoms with Gasteiger partial charge < -0.3 is 4.90 Å². The fourth-order valence-electron chi connectivity index (χ4n) is 2.72. The van der Waals surface area contributed by atoms with Crippen LogP contribution >= 0.6 is 22.7 Å². The van der Waals surface area contributed by atoms with Crippen LogP contribution in [0.2, 0.25) is 0 Å². The van der Waals surface area contributed by atoms with Gasteiger partial charge in [-0.3, -0.25) is 9.69 Å². The van der Waals surface area contributed by atoms with Gasteiger partial charge in [-0.1, -0.05) is 0 Å². The first-order chi connectivity index (χ1) is 10.6. The lowest BCUT2D eigenvalue weighted by Crippen LogP contribution is -2.41. The van der Waals surface area contributed by atoms with Crippen molar-refractivity contribution >= 4 is 28.6 Å². The highest BCUT2D eigenvalue weighted by molar-refractivity contribution is 7.09. The summed E-state index contributed by atoms with van der Waals surface area (Å²) in [5.74, 6) is -0.113. The summed E-state index contributed by atoms with van der Waals surface area (Å²) in [6, 6.07) is 0.0199. The SMILES string of the molecule is CN(C[C@@H]1C[C@H](F)CN1Cc1nccs1)C(=O)c1cscn1. The Hall–Kier alpha value is -1.38. The van der Waals surface area contributed by atoms with Crippen LogP contribution in [0.15, 0.2) is 22.5 Å². The molecule has 0 aliphatic carbocycles. The lowest BCUT2D eigenvalue weighted by atomic mass is 10.2. The second-order valence-corrected chi connectivity index (χ2v) is 7.10. The standard InChI is InChI=1S/C14H17FN4OS2/c1-18(14(20)12-8-21-9-17-12)6-11-4-10(15)5-19(11)7-13-16-2-3-22-13/h2-3,8-11H,4-7H2,1H3/t10-,11-/m0/s1. The lowest BCUT2D eigenvalue weighted by molar-refractivity contribution is 0.0744. The van der Waals surface area contributed by atoms with Gasteiger partial charge in [0, 0.05) is 43.1 Å². The van der Waals surface area contributed by atoms with E-state index in [0.29, 0.717) is 31.7 Å². The van der Waals surface area contributed by atoms with Crippen molar-refractivity contribution < 1.29 is 9.18 Å². The zero-order chi connectivity index (χ0) is 15.5. The van der Waals surface area contributed by atoms with Gasteiger partial charge in [-0.15, -0.1) is 22.7 Å². The van der Waals surface area contributed by atoms with Crippen LogP contribution in [-0.2, 0) is 6.54 Å². The van der Waals surface area contributed by atoms with Crippen molar-refractivity contribution in [3.05, 3.63) is 33.2 Å². The fourth-order valence-corrected chi connectivity index (χ4v) is 3.89. The predicted molar refractivity (Wildman–Crippen MR) is 84.9 cm³/mol. The molecule has 2 atom stereocenters. The minimum Gasteiger partial charge on any atom is -0.339 e. The normalized spacial score (nSPS) is 22.1. The Morgan fingerprint density at radius 2 is 2.41 bits per heavy atom. The molecule has 8 heteroatoms. The number of halogens is 1. The molecule has 22 heavy (non-hydrogen) atoms. The van der Waals surface area contributed by atoms with Crippen LogP contribution in [-0.4, -0.2) is 58.0 Å². The second kappa shape index (κ2) is 6.80. The van der Waals surface area contributed by atoms with Gasteiger partial charge in [0.15, 0.2) is 0 Å². The number of likely N-dealkylation sites (N-methyl/N-ethyl adjacent to an activating group) is 1. The molecule has 1 saturated heterocycles. The highest BCUT2D eigenvalue weighted by Crippen LogP contribution is 2.24. The molecule has 2 aromatic heterocycles. The van der Waals surface area contributed by atoms with Crippen LogP contribution in [0.1, 0.15) is 21.9 Å². The minimum atomic E-state index is -0.840. The van der Waals surface area contributed by atoms with E-state index >= 15 is 0 Å². The zero-order valence-corrected chi connectivity index (χ0v) is 13.8. The first-order valence-electron chi connectivity index (χ1n) is 7.03. The molecular formula is C14H17FN4OS2. The van der Waals surface area contributed by atoms with Gasteiger partial charge in [0.1, 0.15) is 16.9 Å². The number of alkyl halides is 1. The average Bonchev–Trinajstić information content (AvgIpc) is 3.22. The molecule has 1 amide bonds. The van der Waals surface area contributed by atoms with Gasteiger partial charge in [-0.05, 0) is 6.42 Å². The smallest absolute Gasteiger partial charge is 0.273 e. The highest BCUT2D eigenvalue weighted by Gasteiger charge is 2.34. The maximum Gasteiger partial charge on any atom is 0.273 e. The first kappa shape index (κ1) is 15.5. The molecule has 1 fully saturated rings. The van der Waals surface area contributed by atoms with E-state index in [1.807, 2.05) is 5.38 Å². The largest absolute Gasteiger partial charge is 0.339 e. The molecule has 0 radical (unpaired) electrons. The number of nitrogens with zero attached hydrogens (tertiary/aromatic N) is 4. The summed E-state index contributed by atoms with van der Waals surface area (Å²) < 4.78 is 13.8. The summed E-state index contributed by atoms with van der Waals surface area (Å²) in [5.41, 5.74) is 2.09. The molecule has 3 rings (SSSR count). The third kappa shape index (κ3) is 3.50. The summed E-state index contributed by atoms with van der Waals surface area (Å²) in [4.78, 5) is 24.3. The fraction of sp³-hybridized carbons (Fsp3) is 0.500. The second-order valence-electron chi connectivity index (χ2n) is 5.40. The van der Waals surface area contributed by atoms with E-state index in [4.69, 9.17) is 0 Å². The van der Waals surface area contributed by atoms with Crippen molar-refractivity contribution in [2.24, 2.45) is 0 Å². The van der Waals surface area contributed by atoms with E-state index in [1.54, 1.807) is 40.4 Å². The van der Waals surface area contributed by atoms with Crippen molar-refractivity contribution in [1.29, 1.82) is 0 Å². The molecule has 0 N–H and O–H groups in total. The Bertz CT molecular complexity index is 604. The average molecular weight is 340 g/mol. The maximum atomic E-state index is 13.8. The van der Waals surface area contributed by atoms with E-state index in [9.17, 15) is 9.18 Å². The quantitative estimate of drug-likeness (QED) is 0.838. The number of likely N-dealkylation sites (tertiary alicyclic amines) is 1. The van der Waals surface area contributed by atoms with Crippen LogP contribution in [0.5, 0.6) is 0 Å². The predicted octanol–water partition coefficient (Wildman–Crippen LogP) is 2.28.